The van der Waals surface area contributed by atoms with Crippen molar-refractivity contribution in [1.82, 2.24) is 25.3 Å². The van der Waals surface area contributed by atoms with Gasteiger partial charge in [-0.05, 0) is 38.1 Å². The van der Waals surface area contributed by atoms with Crippen molar-refractivity contribution >= 4 is 5.91 Å². The van der Waals surface area contributed by atoms with Gasteiger partial charge in [0.1, 0.15) is 0 Å². The summed E-state index contributed by atoms with van der Waals surface area (Å²) in [7, 11) is 0. The Balaban J connectivity index is 1.37. The minimum atomic E-state index is 0.0240. The molecule has 0 atom stereocenters. The molecule has 7 nitrogen and oxygen atoms in total. The maximum absolute atomic E-state index is 12.0. The summed E-state index contributed by atoms with van der Waals surface area (Å²) in [6, 6.07) is 3.69. The van der Waals surface area contributed by atoms with E-state index in [9.17, 15) is 4.79 Å². The van der Waals surface area contributed by atoms with E-state index in [1.165, 1.54) is 25.7 Å². The molecule has 1 saturated heterocycles. The first-order valence-corrected chi connectivity index (χ1v) is 9.03. The molecule has 0 spiro atoms. The number of hydrogen-bond acceptors (Lipinski definition) is 6. The lowest BCUT2D eigenvalue weighted by molar-refractivity contribution is -0.121. The van der Waals surface area contributed by atoms with Crippen molar-refractivity contribution in [3.8, 4) is 11.4 Å². The van der Waals surface area contributed by atoms with Crippen LogP contribution >= 0.6 is 0 Å². The molecule has 2 aromatic rings. The van der Waals surface area contributed by atoms with Gasteiger partial charge in [0.15, 0.2) is 0 Å². The molecule has 0 bridgehead atoms. The molecule has 3 heterocycles. The number of aryl methyl sites for hydroxylation is 1. The molecule has 0 radical (unpaired) electrons. The van der Waals surface area contributed by atoms with Gasteiger partial charge in [-0.3, -0.25) is 9.78 Å². The molecule has 25 heavy (non-hydrogen) atoms. The molecule has 3 rings (SSSR count). The van der Waals surface area contributed by atoms with Gasteiger partial charge in [-0.25, -0.2) is 0 Å². The van der Waals surface area contributed by atoms with Gasteiger partial charge in [-0.1, -0.05) is 18.0 Å². The number of likely N-dealkylation sites (tertiary alicyclic amines) is 1. The van der Waals surface area contributed by atoms with E-state index < -0.39 is 0 Å². The molecular formula is C18H25N5O2. The fourth-order valence-electron chi connectivity index (χ4n) is 2.99. The van der Waals surface area contributed by atoms with Crippen molar-refractivity contribution in [2.24, 2.45) is 0 Å². The molecular weight excluding hydrogens is 318 g/mol. The normalized spacial score (nSPS) is 15.7. The van der Waals surface area contributed by atoms with Crippen LogP contribution in [0.3, 0.4) is 0 Å². The predicted octanol–water partition coefficient (Wildman–Crippen LogP) is 2.06. The molecule has 1 amide bonds. The summed E-state index contributed by atoms with van der Waals surface area (Å²) in [4.78, 5) is 22.8. The number of rotatable bonds is 7. The van der Waals surface area contributed by atoms with Crippen molar-refractivity contribution in [3.05, 3.63) is 30.4 Å². The summed E-state index contributed by atoms with van der Waals surface area (Å²) in [6.07, 6.45) is 9.37. The predicted molar refractivity (Wildman–Crippen MR) is 93.8 cm³/mol. The average molecular weight is 343 g/mol. The monoisotopic (exact) mass is 343 g/mol. The highest BCUT2D eigenvalue weighted by Crippen LogP contribution is 2.14. The van der Waals surface area contributed by atoms with Crippen LogP contribution in [0.5, 0.6) is 0 Å². The van der Waals surface area contributed by atoms with Crippen LogP contribution in [0.25, 0.3) is 11.4 Å². The van der Waals surface area contributed by atoms with Gasteiger partial charge in [0.2, 0.25) is 17.6 Å². The average Bonchev–Trinajstić information content (AvgIpc) is 2.97. The summed E-state index contributed by atoms with van der Waals surface area (Å²) >= 11 is 0. The Kier molecular flexibility index (Phi) is 6.50. The topological polar surface area (TPSA) is 84.1 Å². The Morgan fingerprint density at radius 3 is 2.84 bits per heavy atom. The van der Waals surface area contributed by atoms with Crippen molar-refractivity contribution in [1.29, 1.82) is 0 Å². The van der Waals surface area contributed by atoms with Crippen LogP contribution < -0.4 is 5.32 Å². The third-order valence-electron chi connectivity index (χ3n) is 4.40. The molecule has 0 aromatic carbocycles. The van der Waals surface area contributed by atoms with E-state index in [-0.39, 0.29) is 5.91 Å². The van der Waals surface area contributed by atoms with Gasteiger partial charge in [-0.2, -0.15) is 4.98 Å². The van der Waals surface area contributed by atoms with Crippen molar-refractivity contribution in [2.45, 2.75) is 38.5 Å². The fourth-order valence-corrected chi connectivity index (χ4v) is 2.99. The molecule has 0 unspecified atom stereocenters. The van der Waals surface area contributed by atoms with Crippen LogP contribution in [0, 0.1) is 0 Å². The highest BCUT2D eigenvalue weighted by atomic mass is 16.5. The maximum atomic E-state index is 12.0. The number of pyridine rings is 1. The first-order valence-electron chi connectivity index (χ1n) is 9.03. The molecule has 1 aliphatic rings. The van der Waals surface area contributed by atoms with E-state index in [1.54, 1.807) is 12.4 Å². The Morgan fingerprint density at radius 1 is 1.24 bits per heavy atom. The summed E-state index contributed by atoms with van der Waals surface area (Å²) in [5, 5.41) is 6.91. The van der Waals surface area contributed by atoms with Gasteiger partial charge >= 0.3 is 0 Å². The molecule has 0 aliphatic carbocycles. The van der Waals surface area contributed by atoms with Gasteiger partial charge in [0.25, 0.3) is 0 Å². The summed E-state index contributed by atoms with van der Waals surface area (Å²) < 4.78 is 5.21. The SMILES string of the molecule is O=C(CCc1nc(-c2cccnc2)no1)NCCN1CCCCCC1. The van der Waals surface area contributed by atoms with Crippen LogP contribution in [0.1, 0.15) is 38.0 Å². The van der Waals surface area contributed by atoms with E-state index in [4.69, 9.17) is 4.52 Å². The molecule has 0 saturated carbocycles. The Labute approximate surface area is 147 Å². The number of nitrogens with zero attached hydrogens (tertiary/aromatic N) is 4. The first-order chi connectivity index (χ1) is 12.3. The molecule has 7 heteroatoms. The maximum Gasteiger partial charge on any atom is 0.227 e. The second-order valence-corrected chi connectivity index (χ2v) is 6.36. The number of carbonyl (C=O) groups excluding carboxylic acids is 1. The second-order valence-electron chi connectivity index (χ2n) is 6.36. The van der Waals surface area contributed by atoms with E-state index >= 15 is 0 Å². The molecule has 134 valence electrons. The zero-order chi connectivity index (χ0) is 17.3. The van der Waals surface area contributed by atoms with Crippen LogP contribution in [0.4, 0.5) is 0 Å². The second kappa shape index (κ2) is 9.27. The van der Waals surface area contributed by atoms with Gasteiger partial charge in [-0.15, -0.1) is 0 Å². The van der Waals surface area contributed by atoms with Crippen LogP contribution in [0.15, 0.2) is 29.0 Å². The van der Waals surface area contributed by atoms with Crippen molar-refractivity contribution < 1.29 is 9.32 Å². The molecule has 1 aliphatic heterocycles. The molecule has 1 N–H and O–H groups in total. The summed E-state index contributed by atoms with van der Waals surface area (Å²) in [5.41, 5.74) is 0.805. The molecule has 2 aromatic heterocycles. The Bertz CT molecular complexity index is 650. The van der Waals surface area contributed by atoms with Crippen LogP contribution in [-0.2, 0) is 11.2 Å². The quantitative estimate of drug-likeness (QED) is 0.828. The minimum absolute atomic E-state index is 0.0240. The largest absolute Gasteiger partial charge is 0.355 e. The lowest BCUT2D eigenvalue weighted by atomic mass is 10.2. The minimum Gasteiger partial charge on any atom is -0.355 e. The van der Waals surface area contributed by atoms with Gasteiger partial charge < -0.3 is 14.7 Å². The van der Waals surface area contributed by atoms with E-state index in [1.807, 2.05) is 12.1 Å². The lowest BCUT2D eigenvalue weighted by Crippen LogP contribution is -2.35. The van der Waals surface area contributed by atoms with E-state index in [0.717, 1.165) is 25.2 Å². The summed E-state index contributed by atoms with van der Waals surface area (Å²) in [6.45, 7) is 3.92. The Morgan fingerprint density at radius 2 is 2.08 bits per heavy atom. The zero-order valence-electron chi connectivity index (χ0n) is 14.5. The smallest absolute Gasteiger partial charge is 0.227 e. The number of aromatic nitrogens is 3. The van der Waals surface area contributed by atoms with Crippen LogP contribution in [0.2, 0.25) is 0 Å². The number of hydrogen-bond donors (Lipinski definition) is 1. The van der Waals surface area contributed by atoms with Crippen molar-refractivity contribution in [2.75, 3.05) is 26.2 Å². The number of amides is 1. The number of nitrogens with one attached hydrogen (secondary N) is 1. The van der Waals surface area contributed by atoms with Crippen LogP contribution in [-0.4, -0.2) is 52.1 Å². The van der Waals surface area contributed by atoms with E-state index in [0.29, 0.717) is 31.1 Å². The fraction of sp³-hybridized carbons (Fsp3) is 0.556. The highest BCUT2D eigenvalue weighted by Gasteiger charge is 2.12. The standard InChI is InChI=1S/C18H25N5O2/c24-16(20-10-13-23-11-3-1-2-4-12-23)7-8-17-21-18(22-25-17)15-6-5-9-19-14-15/h5-6,9,14H,1-4,7-8,10-13H2,(H,20,24). The van der Waals surface area contributed by atoms with Gasteiger partial charge in [0.05, 0.1) is 0 Å². The van der Waals surface area contributed by atoms with Gasteiger partial charge in [0, 0.05) is 43.9 Å². The first kappa shape index (κ1) is 17.5. The third-order valence-corrected chi connectivity index (χ3v) is 4.40. The zero-order valence-corrected chi connectivity index (χ0v) is 14.5. The highest BCUT2D eigenvalue weighted by molar-refractivity contribution is 5.76. The summed E-state index contributed by atoms with van der Waals surface area (Å²) in [5.74, 6) is 1.00. The third kappa shape index (κ3) is 5.63. The Hall–Kier alpha value is -2.28. The van der Waals surface area contributed by atoms with E-state index in [2.05, 4.69) is 25.3 Å². The molecule has 1 fully saturated rings. The lowest BCUT2D eigenvalue weighted by Gasteiger charge is -2.19. The van der Waals surface area contributed by atoms with Crippen molar-refractivity contribution in [3.63, 3.8) is 0 Å². The number of carbonyl (C=O) groups is 1.